The average Bonchev–Trinajstić information content (AvgIpc) is 2.95. The predicted octanol–water partition coefficient (Wildman–Crippen LogP) is 3.48. The number of nitrogens with zero attached hydrogens (tertiary/aromatic N) is 4. The van der Waals surface area contributed by atoms with Crippen molar-refractivity contribution in [3.8, 4) is 23.8 Å². The highest BCUT2D eigenvalue weighted by molar-refractivity contribution is 6.83. The van der Waals surface area contributed by atoms with Gasteiger partial charge in [-0.1, -0.05) is 46.3 Å². The predicted molar refractivity (Wildman–Crippen MR) is 101 cm³/mol. The first-order valence-corrected chi connectivity index (χ1v) is 9.77. The average molecular weight is 337 g/mol. The molecule has 2 rings (SSSR count). The first kappa shape index (κ1) is 25.6. The molecule has 128 valence electrons. The van der Waals surface area contributed by atoms with E-state index in [-0.39, 0.29) is 19.6 Å². The van der Waals surface area contributed by atoms with Crippen molar-refractivity contribution in [3.63, 3.8) is 0 Å². The molecule has 0 saturated heterocycles. The van der Waals surface area contributed by atoms with Crippen LogP contribution in [0, 0.1) is 23.8 Å². The molecule has 0 radical (unpaired) electrons. The van der Waals surface area contributed by atoms with E-state index in [0.717, 1.165) is 11.1 Å². The van der Waals surface area contributed by atoms with Crippen molar-refractivity contribution < 1.29 is 4.70 Å². The summed E-state index contributed by atoms with van der Waals surface area (Å²) in [5.74, 6) is 5.60. The van der Waals surface area contributed by atoms with Crippen molar-refractivity contribution in [2.24, 2.45) is 14.1 Å². The molecule has 0 saturated carbocycles. The summed E-state index contributed by atoms with van der Waals surface area (Å²) in [7, 11) is 2.51. The second kappa shape index (κ2) is 11.3. The van der Waals surface area contributed by atoms with Gasteiger partial charge in [0.05, 0.1) is 23.5 Å². The monoisotopic (exact) mass is 336 g/mol. The van der Waals surface area contributed by atoms with Gasteiger partial charge in [0, 0.05) is 26.5 Å². The van der Waals surface area contributed by atoms with Crippen LogP contribution in [0.4, 0.5) is 4.70 Å². The lowest BCUT2D eigenvalue weighted by molar-refractivity contribution is 0.767. The Kier molecular flexibility index (Phi) is 12.6. The number of hydrogen-bond donors (Lipinski definition) is 0. The van der Waals surface area contributed by atoms with Crippen LogP contribution in [0.1, 0.15) is 26.0 Å². The zero-order valence-corrected chi connectivity index (χ0v) is 14.1. The molecule has 0 aromatic carbocycles. The fraction of sp³-hybridized carbons (Fsp3) is 0.412. The summed E-state index contributed by atoms with van der Waals surface area (Å²) in [4.78, 5) is 0. The Labute approximate surface area is 141 Å². The molecule has 0 aliphatic rings. The van der Waals surface area contributed by atoms with Gasteiger partial charge in [0.25, 0.3) is 0 Å². The van der Waals surface area contributed by atoms with Crippen LogP contribution in [0.25, 0.3) is 0 Å². The van der Waals surface area contributed by atoms with Crippen LogP contribution in [-0.4, -0.2) is 27.6 Å². The summed E-state index contributed by atoms with van der Waals surface area (Å²) in [6.45, 7) is 6.70. The number of halogens is 1. The molecule has 2 aromatic rings. The van der Waals surface area contributed by atoms with E-state index in [0.29, 0.717) is 0 Å². The van der Waals surface area contributed by atoms with E-state index in [2.05, 4.69) is 47.2 Å². The highest BCUT2D eigenvalue weighted by atomic mass is 28.3. The summed E-state index contributed by atoms with van der Waals surface area (Å²) in [6, 6.07) is 0. The van der Waals surface area contributed by atoms with Gasteiger partial charge in [-0.2, -0.15) is 10.2 Å². The van der Waals surface area contributed by atoms with Gasteiger partial charge in [0.15, 0.2) is 0 Å². The molecular weight excluding hydrogens is 307 g/mol. The first-order valence-electron chi connectivity index (χ1n) is 6.27. The highest BCUT2D eigenvalue weighted by Gasteiger charge is 2.07. The number of hydrogen-bond acceptors (Lipinski definition) is 2. The van der Waals surface area contributed by atoms with Crippen LogP contribution in [0.3, 0.4) is 0 Å². The largest absolute Gasteiger partial charge is 0.275 e. The zero-order chi connectivity index (χ0) is 15.2. The molecule has 4 nitrogen and oxygen atoms in total. The zero-order valence-electron chi connectivity index (χ0n) is 13.1. The van der Waals surface area contributed by atoms with Crippen LogP contribution < -0.4 is 0 Å². The SMILES string of the molecule is C.C.C#Cc1cnn(C)c1.Cn1cc(C#C[Si](C)(C)C)cn1.F. The van der Waals surface area contributed by atoms with Crippen molar-refractivity contribution in [2.45, 2.75) is 34.5 Å². The Bertz CT molecular complexity index is 663. The minimum absolute atomic E-state index is 0. The van der Waals surface area contributed by atoms with E-state index >= 15 is 0 Å². The number of aromatic nitrogens is 4. The Morgan fingerprint density at radius 1 is 0.957 bits per heavy atom. The van der Waals surface area contributed by atoms with E-state index < -0.39 is 8.07 Å². The number of aryl methyl sites for hydroxylation is 2. The molecule has 0 fully saturated rings. The van der Waals surface area contributed by atoms with Gasteiger partial charge in [-0.3, -0.25) is 14.1 Å². The lowest BCUT2D eigenvalue weighted by atomic mass is 10.4. The second-order valence-electron chi connectivity index (χ2n) is 5.45. The van der Waals surface area contributed by atoms with Crippen molar-refractivity contribution in [1.82, 2.24) is 19.6 Å². The Morgan fingerprint density at radius 3 is 1.65 bits per heavy atom. The lowest BCUT2D eigenvalue weighted by Gasteiger charge is -2.02. The van der Waals surface area contributed by atoms with Gasteiger partial charge < -0.3 is 0 Å². The normalized spacial score (nSPS) is 8.52. The molecule has 2 heterocycles. The van der Waals surface area contributed by atoms with Crippen molar-refractivity contribution in [2.75, 3.05) is 0 Å². The molecular formula is C17H29FN4Si. The van der Waals surface area contributed by atoms with Gasteiger partial charge in [0.2, 0.25) is 0 Å². The molecule has 6 heteroatoms. The van der Waals surface area contributed by atoms with E-state index in [1.807, 2.05) is 20.3 Å². The van der Waals surface area contributed by atoms with Gasteiger partial charge in [-0.05, 0) is 0 Å². The summed E-state index contributed by atoms with van der Waals surface area (Å²) < 4.78 is 3.45. The third-order valence-corrected chi connectivity index (χ3v) is 3.03. The molecule has 0 aliphatic heterocycles. The maximum Gasteiger partial charge on any atom is 0.129 e. The van der Waals surface area contributed by atoms with Crippen LogP contribution in [0.2, 0.25) is 19.6 Å². The molecule has 0 aliphatic carbocycles. The summed E-state index contributed by atoms with van der Waals surface area (Å²) in [6.07, 6.45) is 12.2. The van der Waals surface area contributed by atoms with Crippen LogP contribution in [-0.2, 0) is 14.1 Å². The van der Waals surface area contributed by atoms with E-state index in [4.69, 9.17) is 6.42 Å². The van der Waals surface area contributed by atoms with Crippen LogP contribution >= 0.6 is 0 Å². The van der Waals surface area contributed by atoms with Gasteiger partial charge in [-0.15, -0.1) is 12.0 Å². The number of terminal acetylenes is 1. The summed E-state index contributed by atoms with van der Waals surface area (Å²) >= 11 is 0. The van der Waals surface area contributed by atoms with E-state index in [9.17, 15) is 0 Å². The molecule has 23 heavy (non-hydrogen) atoms. The molecule has 0 amide bonds. The van der Waals surface area contributed by atoms with Crippen LogP contribution in [0.5, 0.6) is 0 Å². The topological polar surface area (TPSA) is 35.6 Å². The summed E-state index contributed by atoms with van der Waals surface area (Å²) in [5.41, 5.74) is 5.13. The Hall–Kier alpha value is -2.31. The van der Waals surface area contributed by atoms with E-state index in [1.165, 1.54) is 0 Å². The molecule has 0 spiro atoms. The fourth-order valence-corrected chi connectivity index (χ4v) is 1.76. The third kappa shape index (κ3) is 11.0. The maximum absolute atomic E-state index is 5.06. The molecule has 0 bridgehead atoms. The number of rotatable bonds is 0. The third-order valence-electron chi connectivity index (χ3n) is 2.16. The lowest BCUT2D eigenvalue weighted by Crippen LogP contribution is -2.16. The minimum Gasteiger partial charge on any atom is -0.275 e. The molecule has 2 aromatic heterocycles. The Morgan fingerprint density at radius 2 is 1.39 bits per heavy atom. The maximum atomic E-state index is 5.06. The smallest absolute Gasteiger partial charge is 0.129 e. The Balaban J connectivity index is -0.000000325. The fourth-order valence-electron chi connectivity index (χ4n) is 1.24. The quantitative estimate of drug-likeness (QED) is 0.545. The highest BCUT2D eigenvalue weighted by Crippen LogP contribution is 1.99. The minimum atomic E-state index is -1.23. The van der Waals surface area contributed by atoms with Crippen LogP contribution in [0.15, 0.2) is 24.8 Å². The van der Waals surface area contributed by atoms with Gasteiger partial charge >= 0.3 is 0 Å². The first-order chi connectivity index (χ1) is 9.30. The molecule has 0 atom stereocenters. The molecule has 0 N–H and O–H groups in total. The molecule has 0 unspecified atom stereocenters. The standard InChI is InChI=1S/C9H14N2Si.C6H6N2.2CH4.FH/c1-11-8-9(7-10-11)5-6-12(2,3)4;1-3-6-4-7-8(2)5-6;;;/h7-8H,1-4H3;1,4-5H,2H3;2*1H4;1H. The van der Waals surface area contributed by atoms with Gasteiger partial charge in [0.1, 0.15) is 8.07 Å². The van der Waals surface area contributed by atoms with Crippen molar-refractivity contribution in [1.29, 1.82) is 0 Å². The van der Waals surface area contributed by atoms with Gasteiger partial charge in [-0.25, -0.2) is 0 Å². The van der Waals surface area contributed by atoms with E-state index in [1.54, 1.807) is 28.0 Å². The summed E-state index contributed by atoms with van der Waals surface area (Å²) in [5, 5.41) is 7.91. The second-order valence-corrected chi connectivity index (χ2v) is 10.2. The van der Waals surface area contributed by atoms with Crippen molar-refractivity contribution >= 4 is 8.07 Å². The van der Waals surface area contributed by atoms with Crippen molar-refractivity contribution in [3.05, 3.63) is 35.9 Å².